The number of rotatable bonds is 8. The van der Waals surface area contributed by atoms with Crippen LogP contribution in [-0.4, -0.2) is 28.7 Å². The zero-order chi connectivity index (χ0) is 31.1. The largest absolute Gasteiger partial charge is 0.442 e. The third kappa shape index (κ3) is 6.24. The van der Waals surface area contributed by atoms with Gasteiger partial charge in [0, 0.05) is 16.6 Å². The molecule has 5 atom stereocenters. The van der Waals surface area contributed by atoms with E-state index >= 15 is 0 Å². The minimum Gasteiger partial charge on any atom is -0.442 e. The Morgan fingerprint density at radius 1 is 1.00 bits per heavy atom. The normalized spacial score (nSPS) is 28.3. The number of hydrogen-bond donors (Lipinski definition) is 0. The van der Waals surface area contributed by atoms with E-state index in [0.29, 0.717) is 41.1 Å². The van der Waals surface area contributed by atoms with E-state index in [1.54, 1.807) is 13.8 Å². The van der Waals surface area contributed by atoms with Crippen molar-refractivity contribution < 1.29 is 28.8 Å². The standard InChI is InChI=1S/C36H48O6/c1-11-33(6,7)41-42-34(8,9)20-21-36(40-32(38)24(4)5)19-17-30-29-14-12-25-22-26(39-31(37)23(2)3)13-15-27(25)28(29)16-18-35(30,36)10/h13,15,22,28-30H,2,4,11-12,14,16-19H2,1,3,5-10H3/t28-,29-,30+,35+,36-/m1/s1. The lowest BCUT2D eigenvalue weighted by Crippen LogP contribution is -2.52. The van der Waals surface area contributed by atoms with Gasteiger partial charge in [0.1, 0.15) is 5.75 Å². The lowest BCUT2D eigenvalue weighted by atomic mass is 9.53. The lowest BCUT2D eigenvalue weighted by molar-refractivity contribution is -0.388. The Bertz CT molecular complexity index is 1330. The summed E-state index contributed by atoms with van der Waals surface area (Å²) in [6.45, 7) is 22.9. The highest BCUT2D eigenvalue weighted by Crippen LogP contribution is 2.65. The molecule has 0 saturated heterocycles. The first kappa shape index (κ1) is 32.0. The fraction of sp³-hybridized carbons (Fsp3) is 0.611. The average molecular weight is 577 g/mol. The van der Waals surface area contributed by atoms with Crippen LogP contribution in [0.5, 0.6) is 5.75 Å². The molecule has 0 spiro atoms. The van der Waals surface area contributed by atoms with E-state index in [-0.39, 0.29) is 5.41 Å². The number of aryl methyl sites for hydroxylation is 1. The van der Waals surface area contributed by atoms with Gasteiger partial charge in [-0.2, -0.15) is 0 Å². The number of carbonyl (C=O) groups excluding carboxylic acids is 2. The predicted molar refractivity (Wildman–Crippen MR) is 164 cm³/mol. The van der Waals surface area contributed by atoms with E-state index in [0.717, 1.165) is 38.5 Å². The minimum atomic E-state index is -0.944. The summed E-state index contributed by atoms with van der Waals surface area (Å²) in [5.74, 6) is 7.74. The molecule has 0 bridgehead atoms. The van der Waals surface area contributed by atoms with Crippen molar-refractivity contribution in [1.82, 2.24) is 0 Å². The van der Waals surface area contributed by atoms with Crippen LogP contribution in [0, 0.1) is 29.1 Å². The number of benzene rings is 1. The van der Waals surface area contributed by atoms with Gasteiger partial charge in [0.2, 0.25) is 0 Å². The van der Waals surface area contributed by atoms with Crippen molar-refractivity contribution in [2.45, 2.75) is 123 Å². The Labute approximate surface area is 252 Å². The topological polar surface area (TPSA) is 71.1 Å². The maximum absolute atomic E-state index is 13.1. The molecule has 228 valence electrons. The maximum Gasteiger partial charge on any atom is 0.338 e. The Kier molecular flexibility index (Phi) is 8.89. The lowest BCUT2D eigenvalue weighted by Gasteiger charge is -2.52. The summed E-state index contributed by atoms with van der Waals surface area (Å²) in [5.41, 5.74) is 0.754. The first-order chi connectivity index (χ1) is 19.5. The van der Waals surface area contributed by atoms with Crippen LogP contribution in [0.2, 0.25) is 0 Å². The van der Waals surface area contributed by atoms with Gasteiger partial charge >= 0.3 is 11.9 Å². The molecule has 0 aromatic heterocycles. The van der Waals surface area contributed by atoms with E-state index < -0.39 is 28.7 Å². The van der Waals surface area contributed by atoms with Crippen molar-refractivity contribution in [2.24, 2.45) is 17.3 Å². The van der Waals surface area contributed by atoms with Gasteiger partial charge in [0.05, 0.1) is 5.60 Å². The Morgan fingerprint density at radius 2 is 1.69 bits per heavy atom. The predicted octanol–water partition coefficient (Wildman–Crippen LogP) is 7.80. The van der Waals surface area contributed by atoms with E-state index in [2.05, 4.69) is 38.0 Å². The van der Waals surface area contributed by atoms with Gasteiger partial charge in [-0.3, -0.25) is 0 Å². The summed E-state index contributed by atoms with van der Waals surface area (Å²) >= 11 is 0. The second-order valence-electron chi connectivity index (χ2n) is 14.0. The van der Waals surface area contributed by atoms with Crippen LogP contribution >= 0.6 is 0 Å². The van der Waals surface area contributed by atoms with Gasteiger partial charge in [-0.05, 0) is 128 Å². The highest BCUT2D eigenvalue weighted by atomic mass is 17.2. The second-order valence-corrected chi connectivity index (χ2v) is 14.0. The van der Waals surface area contributed by atoms with Crippen LogP contribution in [0.25, 0.3) is 0 Å². The van der Waals surface area contributed by atoms with E-state index in [1.165, 1.54) is 11.1 Å². The molecule has 3 aliphatic carbocycles. The Morgan fingerprint density at radius 3 is 2.33 bits per heavy atom. The molecule has 0 N–H and O–H groups in total. The first-order valence-corrected chi connectivity index (χ1v) is 15.3. The van der Waals surface area contributed by atoms with Crippen LogP contribution in [0.1, 0.15) is 111 Å². The molecule has 4 rings (SSSR count). The Balaban J connectivity index is 1.63. The van der Waals surface area contributed by atoms with Crippen LogP contribution in [-0.2, 0) is 30.5 Å². The number of fused-ring (bicyclic) bond motifs is 5. The molecule has 42 heavy (non-hydrogen) atoms. The van der Waals surface area contributed by atoms with E-state index in [4.69, 9.17) is 19.2 Å². The monoisotopic (exact) mass is 576 g/mol. The minimum absolute atomic E-state index is 0.319. The highest BCUT2D eigenvalue weighted by molar-refractivity contribution is 5.89. The molecule has 1 aromatic carbocycles. The van der Waals surface area contributed by atoms with Gasteiger partial charge in [-0.1, -0.05) is 44.9 Å². The molecule has 0 amide bonds. The molecule has 0 heterocycles. The molecule has 2 saturated carbocycles. The van der Waals surface area contributed by atoms with E-state index in [9.17, 15) is 9.59 Å². The molecular weight excluding hydrogens is 528 g/mol. The van der Waals surface area contributed by atoms with Crippen molar-refractivity contribution in [3.8, 4) is 17.6 Å². The van der Waals surface area contributed by atoms with Crippen molar-refractivity contribution >= 4 is 11.9 Å². The maximum atomic E-state index is 13.1. The van der Waals surface area contributed by atoms with Crippen LogP contribution in [0.15, 0.2) is 42.5 Å². The number of esters is 2. The number of ether oxygens (including phenoxy) is 2. The van der Waals surface area contributed by atoms with Gasteiger partial charge < -0.3 is 9.47 Å². The summed E-state index contributed by atoms with van der Waals surface area (Å²) in [5, 5.41) is 0. The van der Waals surface area contributed by atoms with Gasteiger partial charge in [0.25, 0.3) is 0 Å². The average Bonchev–Trinajstić information content (AvgIpc) is 3.22. The number of hydrogen-bond acceptors (Lipinski definition) is 6. The van der Waals surface area contributed by atoms with Gasteiger partial charge in [-0.25, -0.2) is 19.4 Å². The molecular formula is C36H48O6. The van der Waals surface area contributed by atoms with Gasteiger partial charge in [-0.15, -0.1) is 0 Å². The molecule has 6 heteroatoms. The zero-order valence-electron chi connectivity index (χ0n) is 26.8. The van der Waals surface area contributed by atoms with Crippen molar-refractivity contribution in [2.75, 3.05) is 0 Å². The molecule has 1 aromatic rings. The van der Waals surface area contributed by atoms with Crippen LogP contribution in [0.3, 0.4) is 0 Å². The van der Waals surface area contributed by atoms with Crippen molar-refractivity contribution in [3.05, 3.63) is 53.6 Å². The summed E-state index contributed by atoms with van der Waals surface area (Å²) in [7, 11) is 0. The van der Waals surface area contributed by atoms with Crippen LogP contribution < -0.4 is 4.74 Å². The quantitative estimate of drug-likeness (QED) is 0.0785. The van der Waals surface area contributed by atoms with E-state index in [1.807, 2.05) is 46.8 Å². The highest BCUT2D eigenvalue weighted by Gasteiger charge is 2.64. The molecule has 6 nitrogen and oxygen atoms in total. The summed E-state index contributed by atoms with van der Waals surface area (Å²) < 4.78 is 11.9. The number of carbonyl (C=O) groups is 2. The first-order valence-electron chi connectivity index (χ1n) is 15.3. The molecule has 3 aliphatic rings. The molecule has 2 fully saturated rings. The van der Waals surface area contributed by atoms with Crippen molar-refractivity contribution in [3.63, 3.8) is 0 Å². The fourth-order valence-corrected chi connectivity index (χ4v) is 7.01. The van der Waals surface area contributed by atoms with Crippen LogP contribution in [0.4, 0.5) is 0 Å². The molecule has 0 radical (unpaired) electrons. The third-order valence-electron chi connectivity index (χ3n) is 9.88. The zero-order valence-corrected chi connectivity index (χ0v) is 26.8. The summed E-state index contributed by atoms with van der Waals surface area (Å²) in [6.07, 6.45) is 6.19. The summed E-state index contributed by atoms with van der Waals surface area (Å²) in [4.78, 5) is 36.7. The summed E-state index contributed by atoms with van der Waals surface area (Å²) in [6, 6.07) is 6.05. The van der Waals surface area contributed by atoms with Crippen molar-refractivity contribution in [1.29, 1.82) is 0 Å². The Hall–Kier alpha value is -2.88. The second kappa shape index (κ2) is 11.7. The molecule has 0 aliphatic heterocycles. The SMILES string of the molecule is C=C(C)C(=O)Oc1ccc2c(c1)CC[C@@H]1[C@@H]2CC[C@@]2(C)[C@H]1CC[C@]2(C#CC(C)(C)OOC(C)(C)CC)OC(=O)C(=C)C. The fourth-order valence-electron chi connectivity index (χ4n) is 7.01. The third-order valence-corrected chi connectivity index (χ3v) is 9.88. The molecule has 0 unspecified atom stereocenters. The van der Waals surface area contributed by atoms with Gasteiger partial charge in [0.15, 0.2) is 11.2 Å². The smallest absolute Gasteiger partial charge is 0.338 e.